The van der Waals surface area contributed by atoms with Crippen molar-refractivity contribution in [1.29, 1.82) is 0 Å². The van der Waals surface area contributed by atoms with E-state index in [4.69, 9.17) is 4.84 Å². The highest BCUT2D eigenvalue weighted by atomic mass is 32.1. The molecule has 11 heteroatoms. The molecule has 1 saturated heterocycles. The van der Waals surface area contributed by atoms with E-state index in [1.807, 2.05) is 58.0 Å². The molecule has 2 N–H and O–H groups in total. The number of nitrogens with one attached hydrogen (secondary N) is 1. The van der Waals surface area contributed by atoms with Crippen LogP contribution in [-0.4, -0.2) is 54.7 Å². The summed E-state index contributed by atoms with van der Waals surface area (Å²) in [6, 6.07) is 9.72. The van der Waals surface area contributed by atoms with Crippen LogP contribution in [0, 0.1) is 19.8 Å². The first-order valence-corrected chi connectivity index (χ1v) is 13.4. The van der Waals surface area contributed by atoms with Gasteiger partial charge < -0.3 is 5.11 Å². The van der Waals surface area contributed by atoms with Crippen molar-refractivity contribution in [2.24, 2.45) is 13.0 Å². The first-order valence-electron chi connectivity index (χ1n) is 12.6. The third-order valence-electron chi connectivity index (χ3n) is 6.85. The van der Waals surface area contributed by atoms with Crippen LogP contribution in [0.2, 0.25) is 0 Å². The molecule has 5 rings (SSSR count). The van der Waals surface area contributed by atoms with Crippen LogP contribution in [0.15, 0.2) is 39.9 Å². The zero-order chi connectivity index (χ0) is 27.3. The number of β-amino-alcohol motifs (C(OH)–C–C–N with tert-alkyl or cyclic N) is 1. The van der Waals surface area contributed by atoms with Crippen LogP contribution >= 0.6 is 11.3 Å². The normalized spacial score (nSPS) is 16.6. The second-order valence-corrected chi connectivity index (χ2v) is 11.2. The molecule has 3 aromatic heterocycles. The highest BCUT2D eigenvalue weighted by Gasteiger charge is 2.37. The molecule has 1 fully saturated rings. The molecule has 0 aliphatic carbocycles. The largest absolute Gasteiger partial charge is 0.389 e. The highest BCUT2D eigenvalue weighted by Crippen LogP contribution is 2.43. The maximum absolute atomic E-state index is 14.1. The van der Waals surface area contributed by atoms with E-state index >= 15 is 0 Å². The fraction of sp³-hybridized carbons (Fsp3) is 0.407. The maximum Gasteiger partial charge on any atom is 0.331 e. The Bertz CT molecular complexity index is 1610. The molecule has 0 bridgehead atoms. The van der Waals surface area contributed by atoms with Crippen molar-refractivity contribution in [2.75, 3.05) is 13.2 Å². The molecular weight excluding hydrogens is 506 g/mol. The topological polar surface area (TPSA) is 122 Å². The molecule has 10 nitrogen and oxygen atoms in total. The van der Waals surface area contributed by atoms with Crippen molar-refractivity contribution >= 4 is 27.5 Å². The summed E-state index contributed by atoms with van der Waals surface area (Å²) in [7, 11) is 1.43. The number of hydrogen-bond acceptors (Lipinski definition) is 7. The SMILES string of the molecule is Cc1n[nH]c(C)c1C(c1ccccc1)c1sc2c(c1C(=O)N1C[C@H](O)CO1)c(=O)n(C)c(=O)n2CC(C)C. The van der Waals surface area contributed by atoms with Gasteiger partial charge in [0.05, 0.1) is 23.2 Å². The van der Waals surface area contributed by atoms with Crippen LogP contribution in [0.1, 0.15) is 57.5 Å². The molecule has 0 spiro atoms. The molecule has 1 aromatic carbocycles. The zero-order valence-corrected chi connectivity index (χ0v) is 22.8. The lowest BCUT2D eigenvalue weighted by Gasteiger charge is -2.21. The minimum atomic E-state index is -0.822. The number of aryl methyl sites for hydroxylation is 2. The zero-order valence-electron chi connectivity index (χ0n) is 22.0. The van der Waals surface area contributed by atoms with Crippen molar-refractivity contribution < 1.29 is 14.7 Å². The quantitative estimate of drug-likeness (QED) is 0.390. The molecule has 4 heterocycles. The molecular formula is C27H31N5O5S. The van der Waals surface area contributed by atoms with E-state index in [2.05, 4.69) is 10.2 Å². The number of carbonyl (C=O) groups is 1. The summed E-state index contributed by atoms with van der Waals surface area (Å²) in [6.45, 7) is 8.17. The molecule has 38 heavy (non-hydrogen) atoms. The van der Waals surface area contributed by atoms with Crippen LogP contribution < -0.4 is 11.2 Å². The number of rotatable bonds is 6. The number of aromatic amines is 1. The van der Waals surface area contributed by atoms with E-state index in [0.29, 0.717) is 16.3 Å². The van der Waals surface area contributed by atoms with Crippen LogP contribution in [0.4, 0.5) is 0 Å². The van der Waals surface area contributed by atoms with Gasteiger partial charge >= 0.3 is 5.69 Å². The van der Waals surface area contributed by atoms with Crippen molar-refractivity contribution in [1.82, 2.24) is 24.4 Å². The third kappa shape index (κ3) is 4.30. The number of aromatic nitrogens is 4. The fourth-order valence-corrected chi connectivity index (χ4v) is 6.53. The van der Waals surface area contributed by atoms with Crippen molar-refractivity contribution in [2.45, 2.75) is 46.3 Å². The first-order chi connectivity index (χ1) is 18.1. The lowest BCUT2D eigenvalue weighted by molar-refractivity contribution is -0.0778. The van der Waals surface area contributed by atoms with Crippen molar-refractivity contribution in [3.05, 3.63) is 84.1 Å². The predicted octanol–water partition coefficient (Wildman–Crippen LogP) is 2.69. The molecule has 1 aliphatic rings. The second kappa shape index (κ2) is 9.97. The van der Waals surface area contributed by atoms with E-state index in [1.54, 1.807) is 4.57 Å². The summed E-state index contributed by atoms with van der Waals surface area (Å²) in [6.07, 6.45) is -0.822. The molecule has 1 aliphatic heterocycles. The summed E-state index contributed by atoms with van der Waals surface area (Å²) >= 11 is 1.28. The van der Waals surface area contributed by atoms with Crippen molar-refractivity contribution in [3.8, 4) is 0 Å². The number of hydrogen-bond donors (Lipinski definition) is 2. The van der Waals surface area contributed by atoms with E-state index in [-0.39, 0.29) is 30.0 Å². The number of H-pyrrole nitrogens is 1. The minimum Gasteiger partial charge on any atom is -0.389 e. The van der Waals surface area contributed by atoms with E-state index < -0.39 is 29.2 Å². The Morgan fingerprint density at radius 2 is 1.95 bits per heavy atom. The maximum atomic E-state index is 14.1. The minimum absolute atomic E-state index is 0.0126. The summed E-state index contributed by atoms with van der Waals surface area (Å²) in [5.74, 6) is -0.834. The lowest BCUT2D eigenvalue weighted by atomic mass is 9.86. The number of carbonyl (C=O) groups excluding carboxylic acids is 1. The van der Waals surface area contributed by atoms with Crippen molar-refractivity contribution in [3.63, 3.8) is 0 Å². The number of aliphatic hydroxyl groups is 1. The highest BCUT2D eigenvalue weighted by molar-refractivity contribution is 7.19. The number of hydroxylamine groups is 2. The summed E-state index contributed by atoms with van der Waals surface area (Å²) in [5.41, 5.74) is 2.64. The van der Waals surface area contributed by atoms with Gasteiger partial charge in [-0.1, -0.05) is 44.2 Å². The molecule has 4 aromatic rings. The average Bonchev–Trinajstić information content (AvgIpc) is 3.59. The molecule has 1 amide bonds. The Labute approximate surface area is 223 Å². The molecule has 0 radical (unpaired) electrons. The van der Waals surface area contributed by atoms with Gasteiger partial charge in [-0.2, -0.15) is 5.10 Å². The number of fused-ring (bicyclic) bond motifs is 1. The van der Waals surface area contributed by atoms with Gasteiger partial charge in [-0.15, -0.1) is 11.3 Å². The Morgan fingerprint density at radius 3 is 2.53 bits per heavy atom. The van der Waals surface area contributed by atoms with Gasteiger partial charge in [0.2, 0.25) is 0 Å². The van der Waals surface area contributed by atoms with Crippen LogP contribution in [0.5, 0.6) is 0 Å². The van der Waals surface area contributed by atoms with Crippen LogP contribution in [-0.2, 0) is 18.4 Å². The number of nitrogens with zero attached hydrogens (tertiary/aromatic N) is 4. The number of benzene rings is 1. The van der Waals surface area contributed by atoms with Gasteiger partial charge in [0, 0.05) is 35.6 Å². The van der Waals surface area contributed by atoms with E-state index in [9.17, 15) is 19.5 Å². The third-order valence-corrected chi connectivity index (χ3v) is 8.13. The molecule has 200 valence electrons. The van der Waals surface area contributed by atoms with Crippen LogP contribution in [0.3, 0.4) is 0 Å². The van der Waals surface area contributed by atoms with Gasteiger partial charge in [-0.3, -0.25) is 28.7 Å². The lowest BCUT2D eigenvalue weighted by Crippen LogP contribution is -2.39. The summed E-state index contributed by atoms with van der Waals surface area (Å²) in [5, 5.41) is 18.8. The average molecular weight is 538 g/mol. The Kier molecular flexibility index (Phi) is 6.84. The monoisotopic (exact) mass is 537 g/mol. The number of aliphatic hydroxyl groups excluding tert-OH is 1. The standard InChI is InChI=1S/C27H31N5O5S/c1-14(2)11-31-26-22(24(34)30(5)27(31)36)21(25(35)32-12-18(33)13-37-32)23(38-26)20(17-9-7-6-8-10-17)19-15(3)28-29-16(19)4/h6-10,14,18,20,33H,11-13H2,1-5H3,(H,28,29)/t18-,20?/m0/s1. The van der Waals surface area contributed by atoms with Gasteiger partial charge in [0.15, 0.2) is 0 Å². The number of thiophene rings is 1. The van der Waals surface area contributed by atoms with Gasteiger partial charge in [-0.25, -0.2) is 9.86 Å². The van der Waals surface area contributed by atoms with Gasteiger partial charge in [-0.05, 0) is 25.3 Å². The summed E-state index contributed by atoms with van der Waals surface area (Å²) in [4.78, 5) is 47.6. The predicted molar refractivity (Wildman–Crippen MR) is 145 cm³/mol. The fourth-order valence-electron chi connectivity index (χ4n) is 5.11. The molecule has 2 atom stereocenters. The first kappa shape index (κ1) is 26.1. The molecule has 0 saturated carbocycles. The Balaban J connectivity index is 1.91. The smallest absolute Gasteiger partial charge is 0.331 e. The summed E-state index contributed by atoms with van der Waals surface area (Å²) < 4.78 is 2.65. The van der Waals surface area contributed by atoms with Gasteiger partial charge in [0.1, 0.15) is 17.5 Å². The molecule has 1 unspecified atom stereocenters. The second-order valence-electron chi connectivity index (χ2n) is 10.2. The Morgan fingerprint density at radius 1 is 1.24 bits per heavy atom. The van der Waals surface area contributed by atoms with E-state index in [1.165, 1.54) is 18.4 Å². The van der Waals surface area contributed by atoms with Crippen LogP contribution in [0.25, 0.3) is 10.2 Å². The number of amides is 1. The Hall–Kier alpha value is -3.54. The van der Waals surface area contributed by atoms with E-state index in [0.717, 1.165) is 32.1 Å². The van der Waals surface area contributed by atoms with Gasteiger partial charge in [0.25, 0.3) is 11.5 Å².